The topological polar surface area (TPSA) is 76.7 Å². The highest BCUT2D eigenvalue weighted by Crippen LogP contribution is 2.38. The number of nitrogens with one attached hydrogen (secondary N) is 2. The molecule has 0 saturated heterocycles. The van der Waals surface area contributed by atoms with Crippen molar-refractivity contribution in [1.82, 2.24) is 10.6 Å². The van der Waals surface area contributed by atoms with Gasteiger partial charge in [0.2, 0.25) is 6.79 Å². The van der Waals surface area contributed by atoms with Gasteiger partial charge >= 0.3 is 12.1 Å². The predicted octanol–water partition coefficient (Wildman–Crippen LogP) is 0.878. The second-order valence-corrected chi connectivity index (χ2v) is 4.53. The molecule has 6 nitrogen and oxygen atoms in total. The highest BCUT2D eigenvalue weighted by atomic mass is 19.4. The van der Waals surface area contributed by atoms with Crippen LogP contribution >= 0.6 is 0 Å². The van der Waals surface area contributed by atoms with Crippen LogP contribution in [0.1, 0.15) is 22.0 Å². The van der Waals surface area contributed by atoms with Crippen LogP contribution in [0.5, 0.6) is 11.5 Å². The van der Waals surface area contributed by atoms with Crippen molar-refractivity contribution in [1.29, 1.82) is 0 Å². The molecule has 0 unspecified atom stereocenters. The predicted molar refractivity (Wildman–Crippen MR) is 61.8 cm³/mol. The third-order valence-electron chi connectivity index (χ3n) is 3.19. The minimum atomic E-state index is -4.99. The molecule has 2 amide bonds. The second-order valence-electron chi connectivity index (χ2n) is 4.53. The van der Waals surface area contributed by atoms with Crippen molar-refractivity contribution in [3.63, 3.8) is 0 Å². The van der Waals surface area contributed by atoms with E-state index in [1.807, 2.05) is 5.32 Å². The van der Waals surface area contributed by atoms with E-state index in [4.69, 9.17) is 9.47 Å². The van der Waals surface area contributed by atoms with Crippen molar-refractivity contribution >= 4 is 11.8 Å². The van der Waals surface area contributed by atoms with E-state index in [2.05, 4.69) is 5.32 Å². The number of carbonyl (C=O) groups excluding carboxylic acids is 2. The Kier molecular flexibility index (Phi) is 2.92. The first kappa shape index (κ1) is 13.5. The van der Waals surface area contributed by atoms with Crippen molar-refractivity contribution in [3.05, 3.63) is 23.3 Å². The van der Waals surface area contributed by atoms with E-state index in [-0.39, 0.29) is 24.5 Å². The largest absolute Gasteiger partial charge is 0.471 e. The first-order chi connectivity index (χ1) is 9.86. The Morgan fingerprint density at radius 3 is 2.62 bits per heavy atom. The molecule has 0 aromatic heterocycles. The molecule has 2 aliphatic heterocycles. The first-order valence-electron chi connectivity index (χ1n) is 5.95. The average molecular weight is 302 g/mol. The molecule has 0 radical (unpaired) electrons. The average Bonchev–Trinajstić information content (AvgIpc) is 2.86. The smallest absolute Gasteiger partial charge is 0.454 e. The van der Waals surface area contributed by atoms with Crippen molar-refractivity contribution in [2.24, 2.45) is 0 Å². The molecule has 0 aliphatic carbocycles. The van der Waals surface area contributed by atoms with Crippen LogP contribution in [0, 0.1) is 0 Å². The lowest BCUT2D eigenvalue weighted by molar-refractivity contribution is -0.174. The van der Waals surface area contributed by atoms with Gasteiger partial charge in [-0.3, -0.25) is 9.59 Å². The highest BCUT2D eigenvalue weighted by molar-refractivity contribution is 5.98. The van der Waals surface area contributed by atoms with Gasteiger partial charge in [-0.25, -0.2) is 0 Å². The fraction of sp³-hybridized carbons (Fsp3) is 0.333. The minimum Gasteiger partial charge on any atom is -0.454 e. The number of benzene rings is 1. The number of fused-ring (bicyclic) bond motifs is 2. The van der Waals surface area contributed by atoms with Crippen molar-refractivity contribution in [2.75, 3.05) is 13.3 Å². The van der Waals surface area contributed by atoms with E-state index in [0.717, 1.165) is 0 Å². The van der Waals surface area contributed by atoms with Crippen LogP contribution < -0.4 is 20.1 Å². The zero-order chi connectivity index (χ0) is 15.2. The molecule has 2 heterocycles. The second kappa shape index (κ2) is 4.54. The zero-order valence-corrected chi connectivity index (χ0v) is 10.4. The standard InChI is InChI=1S/C12H9F3N2O4/c13-12(14,15)11(19)17-7-3-16-10(18)6-2-9-8(1-5(6)7)20-4-21-9/h1-2,7H,3-4H2,(H,16,18)(H,17,19)/t7-/m0/s1. The fourth-order valence-electron chi connectivity index (χ4n) is 2.21. The Balaban J connectivity index is 1.95. The Morgan fingerprint density at radius 2 is 1.95 bits per heavy atom. The number of alkyl halides is 3. The van der Waals surface area contributed by atoms with Gasteiger partial charge in [0.15, 0.2) is 11.5 Å². The van der Waals surface area contributed by atoms with E-state index < -0.39 is 24.0 Å². The summed E-state index contributed by atoms with van der Waals surface area (Å²) in [5, 5.41) is 4.27. The molecule has 0 bridgehead atoms. The Hall–Kier alpha value is -2.45. The van der Waals surface area contributed by atoms with Crippen LogP contribution in [0.25, 0.3) is 0 Å². The summed E-state index contributed by atoms with van der Waals surface area (Å²) < 4.78 is 47.2. The van der Waals surface area contributed by atoms with Gasteiger partial charge in [0.25, 0.3) is 5.91 Å². The number of halogens is 3. The van der Waals surface area contributed by atoms with Crippen LogP contribution in [0.3, 0.4) is 0 Å². The van der Waals surface area contributed by atoms with Crippen LogP contribution in [0.2, 0.25) is 0 Å². The lowest BCUT2D eigenvalue weighted by Crippen LogP contribution is -2.46. The number of carbonyl (C=O) groups is 2. The Labute approximate surface area is 116 Å². The maximum absolute atomic E-state index is 12.3. The van der Waals surface area contributed by atoms with E-state index in [0.29, 0.717) is 11.5 Å². The van der Waals surface area contributed by atoms with E-state index in [1.165, 1.54) is 12.1 Å². The van der Waals surface area contributed by atoms with E-state index in [9.17, 15) is 22.8 Å². The van der Waals surface area contributed by atoms with Gasteiger partial charge in [-0.05, 0) is 17.7 Å². The molecule has 2 aliphatic rings. The lowest BCUT2D eigenvalue weighted by atomic mass is 9.95. The number of ether oxygens (including phenoxy) is 2. The van der Waals surface area contributed by atoms with Gasteiger partial charge in [0.1, 0.15) is 0 Å². The Bertz CT molecular complexity index is 630. The summed E-state index contributed by atoms with van der Waals surface area (Å²) in [7, 11) is 0. The van der Waals surface area contributed by atoms with Gasteiger partial charge in [-0.2, -0.15) is 13.2 Å². The number of rotatable bonds is 1. The summed E-state index contributed by atoms with van der Waals surface area (Å²) in [6.07, 6.45) is -4.99. The van der Waals surface area contributed by atoms with Crippen molar-refractivity contribution < 1.29 is 32.2 Å². The van der Waals surface area contributed by atoms with Gasteiger partial charge in [0.05, 0.1) is 6.04 Å². The molecular formula is C12H9F3N2O4. The number of hydrogen-bond acceptors (Lipinski definition) is 4. The molecule has 9 heteroatoms. The van der Waals surface area contributed by atoms with Crippen LogP contribution in [0.4, 0.5) is 13.2 Å². The summed E-state index contributed by atoms with van der Waals surface area (Å²) in [5.41, 5.74) is 0.415. The lowest BCUT2D eigenvalue weighted by Gasteiger charge is -2.27. The summed E-state index contributed by atoms with van der Waals surface area (Å²) in [6, 6.07) is 1.82. The highest BCUT2D eigenvalue weighted by Gasteiger charge is 2.41. The third kappa shape index (κ3) is 2.34. The quantitative estimate of drug-likeness (QED) is 0.807. The van der Waals surface area contributed by atoms with Crippen molar-refractivity contribution in [2.45, 2.75) is 12.2 Å². The molecule has 1 atom stereocenters. The van der Waals surface area contributed by atoms with E-state index in [1.54, 1.807) is 0 Å². The van der Waals surface area contributed by atoms with Gasteiger partial charge in [-0.1, -0.05) is 0 Å². The molecular weight excluding hydrogens is 293 g/mol. The summed E-state index contributed by atoms with van der Waals surface area (Å²) in [6.45, 7) is -0.160. The summed E-state index contributed by atoms with van der Waals surface area (Å²) >= 11 is 0. The van der Waals surface area contributed by atoms with E-state index >= 15 is 0 Å². The van der Waals surface area contributed by atoms with Crippen molar-refractivity contribution in [3.8, 4) is 11.5 Å². The number of amides is 2. The van der Waals surface area contributed by atoms with Gasteiger partial charge in [0, 0.05) is 12.1 Å². The van der Waals surface area contributed by atoms with Crippen LogP contribution in [-0.4, -0.2) is 31.3 Å². The van der Waals surface area contributed by atoms with Crippen LogP contribution in [-0.2, 0) is 4.79 Å². The molecule has 1 aromatic carbocycles. The number of hydrogen-bond donors (Lipinski definition) is 2. The molecule has 21 heavy (non-hydrogen) atoms. The maximum atomic E-state index is 12.3. The molecule has 0 saturated carbocycles. The van der Waals surface area contributed by atoms with Gasteiger partial charge < -0.3 is 20.1 Å². The van der Waals surface area contributed by atoms with Gasteiger partial charge in [-0.15, -0.1) is 0 Å². The molecule has 0 spiro atoms. The first-order valence-corrected chi connectivity index (χ1v) is 5.95. The third-order valence-corrected chi connectivity index (χ3v) is 3.19. The van der Waals surface area contributed by atoms with Crippen LogP contribution in [0.15, 0.2) is 12.1 Å². The summed E-state index contributed by atoms with van der Waals surface area (Å²) in [4.78, 5) is 22.8. The monoisotopic (exact) mass is 302 g/mol. The Morgan fingerprint density at radius 1 is 1.29 bits per heavy atom. The minimum absolute atomic E-state index is 0.0284. The molecule has 0 fully saturated rings. The molecule has 3 rings (SSSR count). The SMILES string of the molecule is O=C1NC[C@H](NC(=O)C(F)(F)F)c2cc3c(cc21)OCO3. The zero-order valence-electron chi connectivity index (χ0n) is 10.4. The maximum Gasteiger partial charge on any atom is 0.471 e. The molecule has 1 aromatic rings. The molecule has 112 valence electrons. The fourth-order valence-corrected chi connectivity index (χ4v) is 2.21. The summed E-state index contributed by atoms with van der Waals surface area (Å²) in [5.74, 6) is -1.84. The normalized spacial score (nSPS) is 19.8. The molecule has 2 N–H and O–H groups in total.